The molecule has 0 aliphatic heterocycles. The molecular weight excluding hydrogens is 264 g/mol. The van der Waals surface area contributed by atoms with E-state index in [0.717, 1.165) is 24.8 Å². The lowest BCUT2D eigenvalue weighted by Crippen LogP contribution is -2.04. The van der Waals surface area contributed by atoms with Crippen molar-refractivity contribution in [2.45, 2.75) is 51.9 Å². The Bertz CT molecular complexity index is 477. The van der Waals surface area contributed by atoms with E-state index in [1.54, 1.807) is 12.1 Å². The van der Waals surface area contributed by atoms with Crippen LogP contribution in [0.25, 0.3) is 0 Å². The summed E-state index contributed by atoms with van der Waals surface area (Å²) in [4.78, 5) is 11.7. The maximum atomic E-state index is 11.7. The summed E-state index contributed by atoms with van der Waals surface area (Å²) in [5, 5.41) is 9.78. The van der Waals surface area contributed by atoms with Crippen LogP contribution >= 0.6 is 0 Å². The highest BCUT2D eigenvalue weighted by Crippen LogP contribution is 2.28. The Morgan fingerprint density at radius 2 is 2.10 bits per heavy atom. The smallest absolute Gasteiger partial charge is 0.341 e. The van der Waals surface area contributed by atoms with E-state index in [2.05, 4.69) is 26.0 Å². The highest BCUT2D eigenvalue weighted by atomic mass is 16.5. The molecule has 1 aromatic rings. The van der Waals surface area contributed by atoms with Crippen molar-refractivity contribution in [3.63, 3.8) is 0 Å². The second-order valence-electron chi connectivity index (χ2n) is 5.23. The fourth-order valence-electron chi connectivity index (χ4n) is 2.33. The molecule has 1 aromatic carbocycles. The lowest BCUT2D eigenvalue weighted by molar-refractivity contribution is 0.0597. The molecule has 1 N–H and O–H groups in total. The number of phenolic OH excluding ortho intramolecular Hbond substituents is 1. The maximum absolute atomic E-state index is 11.7. The molecule has 0 aromatic heterocycles. The van der Waals surface area contributed by atoms with Crippen LogP contribution in [0.1, 0.15) is 67.8 Å². The number of hydrogen-bond acceptors (Lipinski definition) is 3. The fourth-order valence-corrected chi connectivity index (χ4v) is 2.33. The van der Waals surface area contributed by atoms with E-state index < -0.39 is 5.97 Å². The van der Waals surface area contributed by atoms with E-state index in [4.69, 9.17) is 4.74 Å². The third kappa shape index (κ3) is 5.25. The molecule has 3 heteroatoms. The first kappa shape index (κ1) is 17.3. The molecule has 0 radical (unpaired) electrons. The third-order valence-corrected chi connectivity index (χ3v) is 3.55. The number of rotatable bonds is 8. The van der Waals surface area contributed by atoms with E-state index in [9.17, 15) is 9.90 Å². The standard InChI is InChI=1S/C18H26O3/c1-4-6-7-8-10-14(9-5-2)15-11-12-17(19)16(13-15)18(20)21-3/h8,10-14,19H,4-7,9H2,1-3H3/b10-8+/t14-/m1/s1. The Labute approximate surface area is 127 Å². The van der Waals surface area contributed by atoms with Crippen molar-refractivity contribution in [2.24, 2.45) is 0 Å². The zero-order valence-electron chi connectivity index (χ0n) is 13.3. The summed E-state index contributed by atoms with van der Waals surface area (Å²) in [6.07, 6.45) is 9.98. The van der Waals surface area contributed by atoms with Gasteiger partial charge in [0.05, 0.1) is 7.11 Å². The molecule has 0 fully saturated rings. The first-order valence-corrected chi connectivity index (χ1v) is 7.71. The molecule has 116 valence electrons. The second kappa shape index (κ2) is 9.22. The van der Waals surface area contributed by atoms with Gasteiger partial charge in [0.25, 0.3) is 0 Å². The minimum atomic E-state index is -0.500. The highest BCUT2D eigenvalue weighted by Gasteiger charge is 2.15. The Morgan fingerprint density at radius 1 is 1.33 bits per heavy atom. The van der Waals surface area contributed by atoms with E-state index >= 15 is 0 Å². The van der Waals surface area contributed by atoms with Crippen molar-refractivity contribution in [1.29, 1.82) is 0 Å². The molecule has 0 aliphatic carbocycles. The molecule has 0 saturated heterocycles. The van der Waals surface area contributed by atoms with Gasteiger partial charge in [0.1, 0.15) is 11.3 Å². The number of methoxy groups -OCH3 is 1. The van der Waals surface area contributed by atoms with Gasteiger partial charge in [0.15, 0.2) is 0 Å². The average molecular weight is 290 g/mol. The Morgan fingerprint density at radius 3 is 2.71 bits per heavy atom. The van der Waals surface area contributed by atoms with Crippen LogP contribution in [0.5, 0.6) is 5.75 Å². The molecule has 0 aliphatic rings. The first-order chi connectivity index (χ1) is 10.1. The largest absolute Gasteiger partial charge is 0.507 e. The number of hydrogen-bond donors (Lipinski definition) is 1. The van der Waals surface area contributed by atoms with Crippen molar-refractivity contribution in [2.75, 3.05) is 7.11 Å². The molecule has 1 atom stereocenters. The second-order valence-corrected chi connectivity index (χ2v) is 5.23. The van der Waals surface area contributed by atoms with Gasteiger partial charge < -0.3 is 9.84 Å². The molecule has 0 amide bonds. The van der Waals surface area contributed by atoms with E-state index in [1.165, 1.54) is 20.0 Å². The molecule has 0 bridgehead atoms. The van der Waals surface area contributed by atoms with Crippen molar-refractivity contribution < 1.29 is 14.6 Å². The van der Waals surface area contributed by atoms with Gasteiger partial charge in [-0.3, -0.25) is 0 Å². The molecule has 0 heterocycles. The molecule has 0 saturated carbocycles. The van der Waals surface area contributed by atoms with Crippen molar-refractivity contribution in [3.8, 4) is 5.75 Å². The number of carbonyl (C=O) groups is 1. The van der Waals surface area contributed by atoms with Crippen LogP contribution in [0, 0.1) is 0 Å². The summed E-state index contributed by atoms with van der Waals surface area (Å²) >= 11 is 0. The predicted octanol–water partition coefficient (Wildman–Crippen LogP) is 4.81. The number of allylic oxidation sites excluding steroid dienone is 2. The van der Waals surface area contributed by atoms with Crippen LogP contribution in [-0.4, -0.2) is 18.2 Å². The predicted molar refractivity (Wildman–Crippen MR) is 85.8 cm³/mol. The Hall–Kier alpha value is -1.77. The number of ether oxygens (including phenoxy) is 1. The summed E-state index contributed by atoms with van der Waals surface area (Å²) in [5.74, 6) is -0.258. The van der Waals surface area contributed by atoms with Crippen LogP contribution in [-0.2, 0) is 4.74 Å². The minimum absolute atomic E-state index is 0.0317. The molecule has 0 unspecified atom stereocenters. The lowest BCUT2D eigenvalue weighted by atomic mass is 9.92. The number of benzene rings is 1. The Balaban J connectivity index is 2.97. The summed E-state index contributed by atoms with van der Waals surface area (Å²) in [6.45, 7) is 4.33. The minimum Gasteiger partial charge on any atom is -0.507 e. The topological polar surface area (TPSA) is 46.5 Å². The third-order valence-electron chi connectivity index (χ3n) is 3.55. The number of aromatic hydroxyl groups is 1. The van der Waals surface area contributed by atoms with Gasteiger partial charge in [0.2, 0.25) is 0 Å². The lowest BCUT2D eigenvalue weighted by Gasteiger charge is -2.14. The van der Waals surface area contributed by atoms with Gasteiger partial charge in [-0.2, -0.15) is 0 Å². The molecular formula is C18H26O3. The van der Waals surface area contributed by atoms with Crippen molar-refractivity contribution in [3.05, 3.63) is 41.5 Å². The number of unbranched alkanes of at least 4 members (excludes halogenated alkanes) is 2. The van der Waals surface area contributed by atoms with Crippen LogP contribution in [0.15, 0.2) is 30.4 Å². The van der Waals surface area contributed by atoms with Gasteiger partial charge in [-0.15, -0.1) is 0 Å². The number of phenols is 1. The fraction of sp³-hybridized carbons (Fsp3) is 0.500. The van der Waals surface area contributed by atoms with E-state index in [0.29, 0.717) is 0 Å². The summed E-state index contributed by atoms with van der Waals surface area (Å²) in [7, 11) is 1.32. The van der Waals surface area contributed by atoms with E-state index in [-0.39, 0.29) is 17.2 Å². The molecule has 3 nitrogen and oxygen atoms in total. The zero-order chi connectivity index (χ0) is 15.7. The van der Waals surface area contributed by atoms with Gasteiger partial charge >= 0.3 is 5.97 Å². The number of carbonyl (C=O) groups excluding carboxylic acids is 1. The van der Waals surface area contributed by atoms with Crippen molar-refractivity contribution in [1.82, 2.24) is 0 Å². The molecule has 1 rings (SSSR count). The monoisotopic (exact) mass is 290 g/mol. The van der Waals surface area contributed by atoms with Gasteiger partial charge in [-0.1, -0.05) is 51.3 Å². The summed E-state index contributed by atoms with van der Waals surface area (Å²) < 4.78 is 4.71. The number of esters is 1. The quantitative estimate of drug-likeness (QED) is 0.424. The van der Waals surface area contributed by atoms with Crippen LogP contribution in [0.2, 0.25) is 0 Å². The highest BCUT2D eigenvalue weighted by molar-refractivity contribution is 5.92. The summed E-state index contributed by atoms with van der Waals surface area (Å²) in [5.41, 5.74) is 1.28. The van der Waals surface area contributed by atoms with Crippen LogP contribution < -0.4 is 0 Å². The molecule has 0 spiro atoms. The van der Waals surface area contributed by atoms with Gasteiger partial charge in [-0.05, 0) is 30.5 Å². The first-order valence-electron chi connectivity index (χ1n) is 7.71. The summed E-state index contributed by atoms with van der Waals surface area (Å²) in [6, 6.07) is 5.20. The van der Waals surface area contributed by atoms with Crippen LogP contribution in [0.3, 0.4) is 0 Å². The van der Waals surface area contributed by atoms with Gasteiger partial charge in [-0.25, -0.2) is 4.79 Å². The van der Waals surface area contributed by atoms with E-state index in [1.807, 2.05) is 6.07 Å². The average Bonchev–Trinajstić information content (AvgIpc) is 2.50. The SMILES string of the molecule is CCCC/C=C/[C@@H](CCC)c1ccc(O)c(C(=O)OC)c1. The molecule has 21 heavy (non-hydrogen) atoms. The van der Waals surface area contributed by atoms with Crippen molar-refractivity contribution >= 4 is 5.97 Å². The van der Waals surface area contributed by atoms with Gasteiger partial charge in [0, 0.05) is 5.92 Å². The Kier molecular flexibility index (Phi) is 7.59. The maximum Gasteiger partial charge on any atom is 0.341 e. The normalized spacial score (nSPS) is 12.5. The zero-order valence-corrected chi connectivity index (χ0v) is 13.3. The van der Waals surface area contributed by atoms with Crippen LogP contribution in [0.4, 0.5) is 0 Å².